The minimum absolute atomic E-state index is 0.220. The Morgan fingerprint density at radius 3 is 2.79 bits per heavy atom. The molecule has 0 bridgehead atoms. The van der Waals surface area contributed by atoms with Gasteiger partial charge in [0.15, 0.2) is 0 Å². The summed E-state index contributed by atoms with van der Waals surface area (Å²) >= 11 is 3.27. The van der Waals surface area contributed by atoms with Gasteiger partial charge in [0.1, 0.15) is 4.60 Å². The third-order valence-corrected chi connectivity index (χ3v) is 3.26. The molecule has 1 N–H and O–H groups in total. The zero-order valence-electron chi connectivity index (χ0n) is 9.62. The lowest BCUT2D eigenvalue weighted by atomic mass is 10.1. The van der Waals surface area contributed by atoms with Crippen LogP contribution in [0.2, 0.25) is 0 Å². The van der Waals surface area contributed by atoms with E-state index in [1.807, 2.05) is 6.07 Å². The van der Waals surface area contributed by atoms with Gasteiger partial charge in [-0.1, -0.05) is 0 Å². The molecule has 5 nitrogen and oxygen atoms in total. The number of aromatic nitrogens is 3. The van der Waals surface area contributed by atoms with Crippen molar-refractivity contribution in [1.29, 1.82) is 0 Å². The number of nitrogens with zero attached hydrogens (tertiary/aromatic N) is 3. The van der Waals surface area contributed by atoms with E-state index in [-0.39, 0.29) is 5.56 Å². The van der Waals surface area contributed by atoms with Gasteiger partial charge in [-0.05, 0) is 40.2 Å². The van der Waals surface area contributed by atoms with E-state index in [9.17, 15) is 9.90 Å². The van der Waals surface area contributed by atoms with Crippen molar-refractivity contribution in [2.45, 2.75) is 0 Å². The Bertz CT molecular complexity index is 765. The van der Waals surface area contributed by atoms with E-state index in [1.165, 1.54) is 0 Å². The first kappa shape index (κ1) is 11.9. The molecule has 0 aliphatic rings. The number of fused-ring (bicyclic) bond motifs is 1. The SMILES string of the molecule is O=C(O)c1cccn2cnc(-c3ccc(Br)nc3)c12. The van der Waals surface area contributed by atoms with Gasteiger partial charge in [-0.15, -0.1) is 0 Å². The number of hydrogen-bond acceptors (Lipinski definition) is 3. The molecule has 0 radical (unpaired) electrons. The molecule has 0 aliphatic heterocycles. The van der Waals surface area contributed by atoms with Crippen LogP contribution in [0.5, 0.6) is 0 Å². The molecule has 0 fully saturated rings. The third-order valence-electron chi connectivity index (χ3n) is 2.79. The predicted octanol–water partition coefficient (Wildman–Crippen LogP) is 2.86. The minimum atomic E-state index is -0.975. The van der Waals surface area contributed by atoms with Crippen LogP contribution in [-0.2, 0) is 0 Å². The average Bonchev–Trinajstić information content (AvgIpc) is 2.83. The highest BCUT2D eigenvalue weighted by molar-refractivity contribution is 9.10. The van der Waals surface area contributed by atoms with Gasteiger partial charge in [0.25, 0.3) is 0 Å². The molecule has 0 spiro atoms. The number of imidazole rings is 1. The second kappa shape index (κ2) is 4.47. The molecule has 19 heavy (non-hydrogen) atoms. The molecule has 0 unspecified atom stereocenters. The number of carboxylic acids is 1. The number of aromatic carboxylic acids is 1. The molecule has 0 saturated carbocycles. The van der Waals surface area contributed by atoms with E-state index in [1.54, 1.807) is 41.3 Å². The van der Waals surface area contributed by atoms with Gasteiger partial charge in [0, 0.05) is 18.0 Å². The summed E-state index contributed by atoms with van der Waals surface area (Å²) in [6.45, 7) is 0. The van der Waals surface area contributed by atoms with Crippen LogP contribution in [0.15, 0.2) is 47.6 Å². The van der Waals surface area contributed by atoms with Crippen molar-refractivity contribution in [2.24, 2.45) is 0 Å². The first-order chi connectivity index (χ1) is 9.16. The van der Waals surface area contributed by atoms with E-state index >= 15 is 0 Å². The second-order valence-corrected chi connectivity index (χ2v) is 4.76. The Morgan fingerprint density at radius 2 is 2.11 bits per heavy atom. The molecule has 0 aromatic carbocycles. The van der Waals surface area contributed by atoms with Crippen LogP contribution < -0.4 is 0 Å². The first-order valence-corrected chi connectivity index (χ1v) is 6.27. The summed E-state index contributed by atoms with van der Waals surface area (Å²) in [7, 11) is 0. The Balaban J connectivity index is 2.30. The highest BCUT2D eigenvalue weighted by Crippen LogP contribution is 2.26. The van der Waals surface area contributed by atoms with Crippen molar-refractivity contribution >= 4 is 27.4 Å². The third kappa shape index (κ3) is 2.00. The smallest absolute Gasteiger partial charge is 0.337 e. The fraction of sp³-hybridized carbons (Fsp3) is 0. The molecule has 3 aromatic heterocycles. The molecule has 0 saturated heterocycles. The fourth-order valence-electron chi connectivity index (χ4n) is 1.95. The van der Waals surface area contributed by atoms with Gasteiger partial charge >= 0.3 is 5.97 Å². The number of pyridine rings is 2. The summed E-state index contributed by atoms with van der Waals surface area (Å²) in [5, 5.41) is 9.25. The van der Waals surface area contributed by atoms with Gasteiger partial charge in [-0.2, -0.15) is 0 Å². The number of carbonyl (C=O) groups is 1. The van der Waals surface area contributed by atoms with Crippen molar-refractivity contribution in [3.8, 4) is 11.3 Å². The second-order valence-electron chi connectivity index (χ2n) is 3.95. The summed E-state index contributed by atoms with van der Waals surface area (Å²) in [6.07, 6.45) is 5.02. The zero-order chi connectivity index (χ0) is 13.4. The van der Waals surface area contributed by atoms with Crippen LogP contribution in [0.25, 0.3) is 16.8 Å². The summed E-state index contributed by atoms with van der Waals surface area (Å²) < 4.78 is 2.42. The topological polar surface area (TPSA) is 67.5 Å². The summed E-state index contributed by atoms with van der Waals surface area (Å²) in [5.74, 6) is -0.975. The molecule has 0 atom stereocenters. The molecule has 3 heterocycles. The maximum Gasteiger partial charge on any atom is 0.337 e. The van der Waals surface area contributed by atoms with Crippen molar-refractivity contribution in [2.75, 3.05) is 0 Å². The number of hydrogen-bond donors (Lipinski definition) is 1. The maximum atomic E-state index is 11.3. The minimum Gasteiger partial charge on any atom is -0.478 e. The number of rotatable bonds is 2. The molecule has 0 amide bonds. The fourth-order valence-corrected chi connectivity index (χ4v) is 2.19. The lowest BCUT2D eigenvalue weighted by molar-refractivity contribution is 0.0698. The number of halogens is 1. The van der Waals surface area contributed by atoms with E-state index < -0.39 is 5.97 Å². The molecular weight excluding hydrogens is 310 g/mol. The lowest BCUT2D eigenvalue weighted by Crippen LogP contribution is -2.00. The molecule has 3 aromatic rings. The molecule has 3 rings (SSSR count). The van der Waals surface area contributed by atoms with E-state index in [4.69, 9.17) is 0 Å². The summed E-state index contributed by atoms with van der Waals surface area (Å²) in [5.41, 5.74) is 2.18. The summed E-state index contributed by atoms with van der Waals surface area (Å²) in [4.78, 5) is 19.7. The Labute approximate surface area is 116 Å². The monoisotopic (exact) mass is 317 g/mol. The van der Waals surface area contributed by atoms with Gasteiger partial charge in [-0.3, -0.25) is 0 Å². The maximum absolute atomic E-state index is 11.3. The Morgan fingerprint density at radius 1 is 1.26 bits per heavy atom. The molecular formula is C13H8BrN3O2. The van der Waals surface area contributed by atoms with Crippen molar-refractivity contribution in [1.82, 2.24) is 14.4 Å². The van der Waals surface area contributed by atoms with Crippen LogP contribution in [0.3, 0.4) is 0 Å². The quantitative estimate of drug-likeness (QED) is 0.738. The van der Waals surface area contributed by atoms with Gasteiger partial charge in [0.2, 0.25) is 0 Å². The van der Waals surface area contributed by atoms with E-state index in [0.29, 0.717) is 11.2 Å². The Hall–Kier alpha value is -2.21. The largest absolute Gasteiger partial charge is 0.478 e. The van der Waals surface area contributed by atoms with Crippen LogP contribution in [-0.4, -0.2) is 25.4 Å². The van der Waals surface area contributed by atoms with E-state index in [2.05, 4.69) is 25.9 Å². The highest BCUT2D eigenvalue weighted by atomic mass is 79.9. The van der Waals surface area contributed by atoms with Crippen molar-refractivity contribution in [3.63, 3.8) is 0 Å². The standard InChI is InChI=1S/C13H8BrN3O2/c14-10-4-3-8(6-15-10)11-12-9(13(18)19)2-1-5-17(12)7-16-11/h1-7H,(H,18,19). The van der Waals surface area contributed by atoms with Crippen LogP contribution in [0.1, 0.15) is 10.4 Å². The average molecular weight is 318 g/mol. The molecule has 94 valence electrons. The van der Waals surface area contributed by atoms with Gasteiger partial charge < -0.3 is 9.51 Å². The first-order valence-electron chi connectivity index (χ1n) is 5.48. The summed E-state index contributed by atoms with van der Waals surface area (Å²) in [6, 6.07) is 6.89. The van der Waals surface area contributed by atoms with Crippen molar-refractivity contribution in [3.05, 3.63) is 53.2 Å². The van der Waals surface area contributed by atoms with Crippen LogP contribution in [0, 0.1) is 0 Å². The van der Waals surface area contributed by atoms with Crippen LogP contribution >= 0.6 is 15.9 Å². The van der Waals surface area contributed by atoms with Crippen molar-refractivity contribution < 1.29 is 9.90 Å². The molecule has 0 aliphatic carbocycles. The highest BCUT2D eigenvalue weighted by Gasteiger charge is 2.15. The van der Waals surface area contributed by atoms with E-state index in [0.717, 1.165) is 10.2 Å². The normalized spacial score (nSPS) is 10.8. The van der Waals surface area contributed by atoms with Crippen LogP contribution in [0.4, 0.5) is 0 Å². The Kier molecular flexibility index (Phi) is 2.79. The zero-order valence-corrected chi connectivity index (χ0v) is 11.2. The van der Waals surface area contributed by atoms with Gasteiger partial charge in [-0.25, -0.2) is 14.8 Å². The molecule has 6 heteroatoms. The predicted molar refractivity (Wildman–Crippen MR) is 73.1 cm³/mol. The number of carboxylic acid groups (broad SMARTS) is 1. The van der Waals surface area contributed by atoms with Gasteiger partial charge in [0.05, 0.1) is 23.1 Å². The lowest BCUT2D eigenvalue weighted by Gasteiger charge is -2.02.